The van der Waals surface area contributed by atoms with Crippen LogP contribution in [0.25, 0.3) is 0 Å². The van der Waals surface area contributed by atoms with Crippen LogP contribution in [0.1, 0.15) is 50.4 Å². The molecule has 2 fully saturated rings. The third kappa shape index (κ3) is 5.13. The number of amides is 1. The molecule has 8 nitrogen and oxygen atoms in total. The number of rotatable bonds is 7. The van der Waals surface area contributed by atoms with Crippen molar-refractivity contribution in [1.82, 2.24) is 9.62 Å². The molecule has 30 heavy (non-hydrogen) atoms. The number of nitrogens with one attached hydrogen (secondary N) is 1. The molecule has 9 heteroatoms. The number of benzene rings is 1. The number of hydrogen-bond acceptors (Lipinski definition) is 6. The van der Waals surface area contributed by atoms with Crippen molar-refractivity contribution in [1.29, 1.82) is 0 Å². The Bertz CT molecular complexity index is 902. The van der Waals surface area contributed by atoms with Gasteiger partial charge in [-0.3, -0.25) is 4.79 Å². The van der Waals surface area contributed by atoms with Gasteiger partial charge in [-0.1, -0.05) is 13.8 Å². The van der Waals surface area contributed by atoms with Crippen LogP contribution in [0.4, 0.5) is 0 Å². The van der Waals surface area contributed by atoms with E-state index in [4.69, 9.17) is 9.47 Å². The van der Waals surface area contributed by atoms with E-state index in [0.29, 0.717) is 13.1 Å². The van der Waals surface area contributed by atoms with Gasteiger partial charge in [0.1, 0.15) is 10.6 Å². The summed E-state index contributed by atoms with van der Waals surface area (Å²) in [6.07, 6.45) is 1.86. The molecule has 0 aromatic heterocycles. The molecule has 1 aliphatic heterocycles. The van der Waals surface area contributed by atoms with E-state index in [0.717, 1.165) is 19.3 Å². The van der Waals surface area contributed by atoms with Crippen LogP contribution in [-0.4, -0.2) is 56.9 Å². The lowest BCUT2D eigenvalue weighted by molar-refractivity contribution is -0.129. The first kappa shape index (κ1) is 22.6. The van der Waals surface area contributed by atoms with Crippen molar-refractivity contribution in [2.75, 3.05) is 20.2 Å². The van der Waals surface area contributed by atoms with Crippen LogP contribution in [0.5, 0.6) is 5.75 Å². The lowest BCUT2D eigenvalue weighted by Crippen LogP contribution is -2.42. The molecule has 1 aliphatic carbocycles. The fourth-order valence-corrected chi connectivity index (χ4v) is 5.64. The van der Waals surface area contributed by atoms with Gasteiger partial charge in [0.25, 0.3) is 5.91 Å². The molecule has 1 aromatic carbocycles. The maximum atomic E-state index is 13.3. The van der Waals surface area contributed by atoms with E-state index in [9.17, 15) is 18.0 Å². The van der Waals surface area contributed by atoms with Gasteiger partial charge in [0.05, 0.1) is 12.7 Å². The quantitative estimate of drug-likeness (QED) is 0.655. The largest absolute Gasteiger partial charge is 0.495 e. The van der Waals surface area contributed by atoms with Crippen molar-refractivity contribution in [2.24, 2.45) is 11.8 Å². The maximum absolute atomic E-state index is 13.3. The Kier molecular flexibility index (Phi) is 6.71. The summed E-state index contributed by atoms with van der Waals surface area (Å²) in [6, 6.07) is 4.31. The first-order valence-electron chi connectivity index (χ1n) is 10.3. The molecule has 1 N–H and O–H groups in total. The molecule has 0 radical (unpaired) electrons. The second-order valence-electron chi connectivity index (χ2n) is 8.46. The van der Waals surface area contributed by atoms with Crippen molar-refractivity contribution < 1.29 is 27.5 Å². The van der Waals surface area contributed by atoms with E-state index in [-0.39, 0.29) is 40.0 Å². The van der Waals surface area contributed by atoms with Gasteiger partial charge in [0.15, 0.2) is 6.10 Å². The number of carbonyl (C=O) groups is 2. The Morgan fingerprint density at radius 3 is 2.37 bits per heavy atom. The number of sulfonamides is 1. The summed E-state index contributed by atoms with van der Waals surface area (Å²) < 4.78 is 38.6. The number of nitrogens with zero attached hydrogens (tertiary/aromatic N) is 1. The summed E-state index contributed by atoms with van der Waals surface area (Å²) in [7, 11) is -2.47. The average Bonchev–Trinajstić information content (AvgIpc) is 3.50. The number of ether oxygens (including phenoxy) is 2. The third-order valence-electron chi connectivity index (χ3n) is 5.43. The fourth-order valence-electron chi connectivity index (χ4n) is 3.77. The zero-order chi connectivity index (χ0) is 22.1. The van der Waals surface area contributed by atoms with E-state index in [1.165, 1.54) is 36.5 Å². The number of esters is 1. The predicted octanol–water partition coefficient (Wildman–Crippen LogP) is 2.19. The molecule has 3 atom stereocenters. The number of hydrogen-bond donors (Lipinski definition) is 1. The molecule has 1 saturated heterocycles. The standard InChI is InChI=1S/C21H30N2O6S/c1-13-9-14(2)12-23(11-13)30(26,27)19-10-16(5-8-18(19)28-4)21(25)29-15(3)20(24)22-17-6-7-17/h5,8,10,13-15,17H,6-7,9,11-12H2,1-4H3,(H,22,24). The summed E-state index contributed by atoms with van der Waals surface area (Å²) in [5, 5.41) is 2.78. The first-order chi connectivity index (χ1) is 14.1. The van der Waals surface area contributed by atoms with Crippen LogP contribution in [0.2, 0.25) is 0 Å². The number of piperidine rings is 1. The molecule has 3 rings (SSSR count). The normalized spacial score (nSPS) is 23.5. The monoisotopic (exact) mass is 438 g/mol. The van der Waals surface area contributed by atoms with E-state index >= 15 is 0 Å². The van der Waals surface area contributed by atoms with Crippen molar-refractivity contribution in [3.05, 3.63) is 23.8 Å². The van der Waals surface area contributed by atoms with Gasteiger partial charge < -0.3 is 14.8 Å². The molecular formula is C21H30N2O6S. The Morgan fingerprint density at radius 2 is 1.80 bits per heavy atom. The minimum absolute atomic E-state index is 0.0542. The molecule has 1 heterocycles. The second kappa shape index (κ2) is 8.93. The zero-order valence-corrected chi connectivity index (χ0v) is 18.7. The molecular weight excluding hydrogens is 408 g/mol. The Morgan fingerprint density at radius 1 is 1.17 bits per heavy atom. The summed E-state index contributed by atoms with van der Waals surface area (Å²) in [5.74, 6) is -0.463. The highest BCUT2D eigenvalue weighted by Gasteiger charge is 2.34. The molecule has 1 aromatic rings. The lowest BCUT2D eigenvalue weighted by Gasteiger charge is -2.34. The minimum atomic E-state index is -3.86. The van der Waals surface area contributed by atoms with E-state index < -0.39 is 22.1 Å². The van der Waals surface area contributed by atoms with Crippen molar-refractivity contribution >= 4 is 21.9 Å². The van der Waals surface area contributed by atoms with E-state index in [1.807, 2.05) is 13.8 Å². The smallest absolute Gasteiger partial charge is 0.338 e. The van der Waals surface area contributed by atoms with Gasteiger partial charge in [-0.2, -0.15) is 4.31 Å². The molecule has 0 spiro atoms. The van der Waals surface area contributed by atoms with Gasteiger partial charge in [-0.25, -0.2) is 13.2 Å². The minimum Gasteiger partial charge on any atom is -0.495 e. The van der Waals surface area contributed by atoms with E-state index in [2.05, 4.69) is 5.32 Å². The third-order valence-corrected chi connectivity index (χ3v) is 7.28. The molecule has 1 saturated carbocycles. The molecule has 1 amide bonds. The van der Waals surface area contributed by atoms with Crippen LogP contribution in [0, 0.1) is 11.8 Å². The van der Waals surface area contributed by atoms with Gasteiger partial charge >= 0.3 is 5.97 Å². The molecule has 3 unspecified atom stereocenters. The highest BCUT2D eigenvalue weighted by Crippen LogP contribution is 2.32. The van der Waals surface area contributed by atoms with Crippen LogP contribution in [-0.2, 0) is 19.6 Å². The van der Waals surface area contributed by atoms with Crippen molar-refractivity contribution in [2.45, 2.75) is 57.1 Å². The fraction of sp³-hybridized carbons (Fsp3) is 0.619. The van der Waals surface area contributed by atoms with Crippen LogP contribution in [0.15, 0.2) is 23.1 Å². The molecule has 166 valence electrons. The zero-order valence-electron chi connectivity index (χ0n) is 17.9. The Hall–Kier alpha value is -2.13. The predicted molar refractivity (Wildman–Crippen MR) is 111 cm³/mol. The Labute approximate surface area is 178 Å². The Balaban J connectivity index is 1.82. The SMILES string of the molecule is COc1ccc(C(=O)OC(C)C(=O)NC2CC2)cc1S(=O)(=O)N1CC(C)CC(C)C1. The number of methoxy groups -OCH3 is 1. The van der Waals surface area contributed by atoms with Gasteiger partial charge in [-0.15, -0.1) is 0 Å². The van der Waals surface area contributed by atoms with Crippen molar-refractivity contribution in [3.8, 4) is 5.75 Å². The van der Waals surface area contributed by atoms with Crippen molar-refractivity contribution in [3.63, 3.8) is 0 Å². The van der Waals surface area contributed by atoms with E-state index in [1.54, 1.807) is 0 Å². The van der Waals surface area contributed by atoms with Gasteiger partial charge in [-0.05, 0) is 56.2 Å². The highest BCUT2D eigenvalue weighted by molar-refractivity contribution is 7.89. The summed E-state index contributed by atoms with van der Waals surface area (Å²) in [5.41, 5.74) is 0.0542. The molecule has 0 bridgehead atoms. The number of carbonyl (C=O) groups excluding carboxylic acids is 2. The summed E-state index contributed by atoms with van der Waals surface area (Å²) >= 11 is 0. The molecule has 2 aliphatic rings. The lowest BCUT2D eigenvalue weighted by atomic mass is 9.94. The van der Waals surface area contributed by atoms with Crippen LogP contribution >= 0.6 is 0 Å². The first-order valence-corrected chi connectivity index (χ1v) is 11.7. The van der Waals surface area contributed by atoms with Gasteiger partial charge in [0.2, 0.25) is 10.0 Å². The summed E-state index contributed by atoms with van der Waals surface area (Å²) in [6.45, 7) is 6.38. The maximum Gasteiger partial charge on any atom is 0.338 e. The highest BCUT2D eigenvalue weighted by atomic mass is 32.2. The second-order valence-corrected chi connectivity index (χ2v) is 10.4. The average molecular weight is 439 g/mol. The summed E-state index contributed by atoms with van der Waals surface area (Å²) in [4.78, 5) is 24.5. The van der Waals surface area contributed by atoms with Crippen LogP contribution in [0.3, 0.4) is 0 Å². The topological polar surface area (TPSA) is 102 Å². The van der Waals surface area contributed by atoms with Crippen LogP contribution < -0.4 is 10.1 Å². The van der Waals surface area contributed by atoms with Gasteiger partial charge in [0, 0.05) is 19.1 Å².